The highest BCUT2D eigenvalue weighted by molar-refractivity contribution is 7.81. The Labute approximate surface area is 87.7 Å². The van der Waals surface area contributed by atoms with Gasteiger partial charge in [-0.3, -0.25) is 9.68 Å². The molecule has 0 aromatic heterocycles. The summed E-state index contributed by atoms with van der Waals surface area (Å²) in [6.45, 7) is 3.60. The quantitative estimate of drug-likeness (QED) is 0.399. The number of carboxylic acid groups (broad SMARTS) is 1. The summed E-state index contributed by atoms with van der Waals surface area (Å²) >= 11 is 3.76. The molecule has 0 saturated carbocycles. The molecule has 0 saturated heterocycles. The van der Waals surface area contributed by atoms with Gasteiger partial charge in [-0.2, -0.15) is 17.5 Å². The summed E-state index contributed by atoms with van der Waals surface area (Å²) in [5, 5.41) is 7.37. The van der Waals surface area contributed by atoms with E-state index in [2.05, 4.69) is 22.4 Å². The first kappa shape index (κ1) is 13.2. The van der Waals surface area contributed by atoms with E-state index in [1.807, 2.05) is 6.92 Å². The fraction of sp³-hybridized carbons (Fsp3) is 0.750. The van der Waals surface area contributed by atoms with Gasteiger partial charge in [-0.15, -0.1) is 0 Å². The minimum absolute atomic E-state index is 0.204. The summed E-state index contributed by atoms with van der Waals surface area (Å²) in [7, 11) is 0. The van der Waals surface area contributed by atoms with Gasteiger partial charge in [0, 0.05) is 0 Å². The predicted molar refractivity (Wildman–Crippen MR) is 52.0 cm³/mol. The van der Waals surface area contributed by atoms with Crippen molar-refractivity contribution < 1.29 is 24.5 Å². The third-order valence-corrected chi connectivity index (χ3v) is 1.90. The van der Waals surface area contributed by atoms with E-state index in [1.165, 1.54) is 0 Å². The van der Waals surface area contributed by atoms with Gasteiger partial charge in [0.2, 0.25) is 0 Å². The molecule has 0 rings (SSSR count). The van der Waals surface area contributed by atoms with Gasteiger partial charge in [0.1, 0.15) is 11.4 Å². The van der Waals surface area contributed by atoms with E-state index < -0.39 is 17.2 Å². The van der Waals surface area contributed by atoms with E-state index in [-0.39, 0.29) is 12.5 Å². The highest BCUT2D eigenvalue weighted by atomic mass is 32.1. The van der Waals surface area contributed by atoms with Crippen molar-refractivity contribution in [2.75, 3.05) is 0 Å². The summed E-state index contributed by atoms with van der Waals surface area (Å²) in [6, 6.07) is 0. The SMILES string of the molecule is CCC(C)OOC(=O)C(S)CC(=O)O. The van der Waals surface area contributed by atoms with Crippen LogP contribution in [0, 0.1) is 0 Å². The van der Waals surface area contributed by atoms with Gasteiger partial charge < -0.3 is 5.11 Å². The largest absolute Gasteiger partial charge is 0.481 e. The Hall–Kier alpha value is -0.750. The number of hydrogen-bond acceptors (Lipinski definition) is 5. The smallest absolute Gasteiger partial charge is 0.355 e. The van der Waals surface area contributed by atoms with Crippen molar-refractivity contribution in [3.05, 3.63) is 0 Å². The Morgan fingerprint density at radius 2 is 2.07 bits per heavy atom. The standard InChI is InChI=1S/C8H14O5S/c1-3-5(2)12-13-8(11)6(14)4-7(9)10/h5-6,14H,3-4H2,1-2H3,(H,9,10). The second-order valence-corrected chi connectivity index (χ2v) is 3.45. The first-order chi connectivity index (χ1) is 6.47. The third kappa shape index (κ3) is 5.82. The number of carbonyl (C=O) groups excluding carboxylic acids is 1. The summed E-state index contributed by atoms with van der Waals surface area (Å²) < 4.78 is 0. The van der Waals surface area contributed by atoms with E-state index in [0.717, 1.165) is 0 Å². The zero-order valence-corrected chi connectivity index (χ0v) is 8.99. The highest BCUT2D eigenvalue weighted by Crippen LogP contribution is 2.06. The van der Waals surface area contributed by atoms with Crippen LogP contribution in [0.25, 0.3) is 0 Å². The van der Waals surface area contributed by atoms with E-state index in [4.69, 9.17) is 5.11 Å². The van der Waals surface area contributed by atoms with Crippen LogP contribution in [-0.4, -0.2) is 28.4 Å². The van der Waals surface area contributed by atoms with Crippen LogP contribution in [0.1, 0.15) is 26.7 Å². The van der Waals surface area contributed by atoms with Gasteiger partial charge in [0.15, 0.2) is 0 Å². The first-order valence-corrected chi connectivity index (χ1v) is 4.76. The molecule has 0 fully saturated rings. The highest BCUT2D eigenvalue weighted by Gasteiger charge is 2.20. The van der Waals surface area contributed by atoms with Crippen molar-refractivity contribution in [1.82, 2.24) is 0 Å². The molecule has 1 N–H and O–H groups in total. The number of hydrogen-bond donors (Lipinski definition) is 2. The molecule has 0 aliphatic heterocycles. The van der Waals surface area contributed by atoms with Gasteiger partial charge in [0.25, 0.3) is 0 Å². The maximum Gasteiger partial charge on any atom is 0.355 e. The van der Waals surface area contributed by atoms with Crippen LogP contribution in [0.5, 0.6) is 0 Å². The van der Waals surface area contributed by atoms with Crippen molar-refractivity contribution in [1.29, 1.82) is 0 Å². The van der Waals surface area contributed by atoms with Crippen LogP contribution in [0.4, 0.5) is 0 Å². The minimum atomic E-state index is -1.11. The van der Waals surface area contributed by atoms with Crippen molar-refractivity contribution in [3.8, 4) is 0 Å². The Kier molecular flexibility index (Phi) is 6.31. The molecule has 2 unspecified atom stereocenters. The summed E-state index contributed by atoms with van der Waals surface area (Å²) in [5.74, 6) is -1.89. The lowest BCUT2D eigenvalue weighted by atomic mass is 10.3. The fourth-order valence-electron chi connectivity index (χ4n) is 0.502. The lowest BCUT2D eigenvalue weighted by Gasteiger charge is -2.10. The molecular formula is C8H14O5S. The summed E-state index contributed by atoms with van der Waals surface area (Å²) in [6.07, 6.45) is 0.110. The molecule has 0 aliphatic rings. The predicted octanol–water partition coefficient (Wildman–Crippen LogP) is 1.03. The average molecular weight is 222 g/mol. The topological polar surface area (TPSA) is 72.8 Å². The Morgan fingerprint density at radius 1 is 1.50 bits per heavy atom. The maximum atomic E-state index is 11.0. The van der Waals surface area contributed by atoms with Crippen molar-refractivity contribution in [3.63, 3.8) is 0 Å². The van der Waals surface area contributed by atoms with Crippen LogP contribution < -0.4 is 0 Å². The molecule has 6 heteroatoms. The molecule has 0 aromatic rings. The number of carbonyl (C=O) groups is 2. The van der Waals surface area contributed by atoms with E-state index in [1.54, 1.807) is 6.92 Å². The number of thiol groups is 1. The third-order valence-electron chi connectivity index (χ3n) is 1.51. The number of rotatable bonds is 6. The number of aliphatic carboxylic acids is 1. The van der Waals surface area contributed by atoms with E-state index in [0.29, 0.717) is 6.42 Å². The molecule has 14 heavy (non-hydrogen) atoms. The van der Waals surface area contributed by atoms with Crippen LogP contribution >= 0.6 is 12.6 Å². The second-order valence-electron chi connectivity index (χ2n) is 2.83. The minimum Gasteiger partial charge on any atom is -0.481 e. The molecule has 0 amide bonds. The van der Waals surface area contributed by atoms with Gasteiger partial charge in [-0.25, -0.2) is 4.79 Å². The molecule has 0 radical (unpaired) electrons. The average Bonchev–Trinajstić information content (AvgIpc) is 2.12. The molecular weight excluding hydrogens is 208 g/mol. The number of carboxylic acids is 1. The van der Waals surface area contributed by atoms with Crippen LogP contribution in [-0.2, 0) is 19.4 Å². The van der Waals surface area contributed by atoms with E-state index in [9.17, 15) is 9.59 Å². The molecule has 2 atom stereocenters. The van der Waals surface area contributed by atoms with Crippen molar-refractivity contribution in [2.24, 2.45) is 0 Å². The van der Waals surface area contributed by atoms with Gasteiger partial charge in [-0.05, 0) is 13.3 Å². The normalized spacial score (nSPS) is 14.5. The van der Waals surface area contributed by atoms with Gasteiger partial charge in [-0.1, -0.05) is 6.92 Å². The fourth-order valence-corrected chi connectivity index (χ4v) is 0.701. The Morgan fingerprint density at radius 3 is 2.50 bits per heavy atom. The molecule has 82 valence electrons. The molecule has 0 spiro atoms. The zero-order chi connectivity index (χ0) is 11.1. The van der Waals surface area contributed by atoms with Crippen molar-refractivity contribution >= 4 is 24.6 Å². The maximum absolute atomic E-state index is 11.0. The van der Waals surface area contributed by atoms with Gasteiger partial charge >= 0.3 is 11.9 Å². The lowest BCUT2D eigenvalue weighted by Crippen LogP contribution is -2.23. The summed E-state index contributed by atoms with van der Waals surface area (Å²) in [4.78, 5) is 30.3. The van der Waals surface area contributed by atoms with Gasteiger partial charge in [0.05, 0.1) is 6.42 Å². The molecule has 0 heterocycles. The molecule has 0 bridgehead atoms. The second kappa shape index (κ2) is 6.67. The summed E-state index contributed by atoms with van der Waals surface area (Å²) in [5.41, 5.74) is 0. The van der Waals surface area contributed by atoms with Crippen LogP contribution in [0.3, 0.4) is 0 Å². The van der Waals surface area contributed by atoms with E-state index >= 15 is 0 Å². The monoisotopic (exact) mass is 222 g/mol. The lowest BCUT2D eigenvalue weighted by molar-refractivity contribution is -0.294. The zero-order valence-electron chi connectivity index (χ0n) is 8.10. The van der Waals surface area contributed by atoms with Crippen LogP contribution in [0.15, 0.2) is 0 Å². The first-order valence-electron chi connectivity index (χ1n) is 4.24. The molecule has 0 aliphatic carbocycles. The molecule has 0 aromatic carbocycles. The van der Waals surface area contributed by atoms with Crippen molar-refractivity contribution in [2.45, 2.75) is 38.0 Å². The van der Waals surface area contributed by atoms with Crippen LogP contribution in [0.2, 0.25) is 0 Å². The Bertz CT molecular complexity index is 206. The Balaban J connectivity index is 3.78. The molecule has 5 nitrogen and oxygen atoms in total.